The number of carbonyl (C=O) groups is 1. The summed E-state index contributed by atoms with van der Waals surface area (Å²) in [4.78, 5) is 17.3. The highest BCUT2D eigenvalue weighted by atomic mass is 79.9. The molecule has 4 rings (SSSR count). The SMILES string of the molecule is CC(NC(=O)c1cn(-c2ccccc2)nc1-c1cccnc1)c1ccc(Br)cc1. The van der Waals surface area contributed by atoms with Crippen molar-refractivity contribution in [3.8, 4) is 16.9 Å². The number of aromatic nitrogens is 3. The Labute approximate surface area is 177 Å². The summed E-state index contributed by atoms with van der Waals surface area (Å²) in [5, 5.41) is 7.75. The van der Waals surface area contributed by atoms with Crippen molar-refractivity contribution in [1.82, 2.24) is 20.1 Å². The Bertz CT molecular complexity index is 1110. The Balaban J connectivity index is 1.68. The number of nitrogens with one attached hydrogen (secondary N) is 1. The number of halogens is 1. The second-order valence-corrected chi connectivity index (χ2v) is 7.58. The fourth-order valence-corrected chi connectivity index (χ4v) is 3.34. The first kappa shape index (κ1) is 19.1. The molecule has 0 radical (unpaired) electrons. The molecule has 0 bridgehead atoms. The maximum absolute atomic E-state index is 13.1. The van der Waals surface area contributed by atoms with Crippen LogP contribution >= 0.6 is 15.9 Å². The maximum atomic E-state index is 13.1. The minimum atomic E-state index is -0.179. The summed E-state index contributed by atoms with van der Waals surface area (Å²) in [6.07, 6.45) is 5.18. The summed E-state index contributed by atoms with van der Waals surface area (Å²) < 4.78 is 2.73. The number of hydrogen-bond acceptors (Lipinski definition) is 3. The first-order valence-corrected chi connectivity index (χ1v) is 10.0. The molecule has 1 N–H and O–H groups in total. The molecule has 1 amide bonds. The summed E-state index contributed by atoms with van der Waals surface area (Å²) in [6.45, 7) is 1.96. The molecule has 1 atom stereocenters. The van der Waals surface area contributed by atoms with Crippen LogP contribution in [-0.2, 0) is 0 Å². The van der Waals surface area contributed by atoms with Crippen molar-refractivity contribution in [2.75, 3.05) is 0 Å². The van der Waals surface area contributed by atoms with E-state index >= 15 is 0 Å². The van der Waals surface area contributed by atoms with Gasteiger partial charge in [-0.15, -0.1) is 0 Å². The third kappa shape index (κ3) is 4.27. The zero-order chi connectivity index (χ0) is 20.2. The van der Waals surface area contributed by atoms with Crippen LogP contribution < -0.4 is 5.32 Å². The van der Waals surface area contributed by atoms with E-state index in [2.05, 4.69) is 31.3 Å². The predicted molar refractivity (Wildman–Crippen MR) is 117 cm³/mol. The number of carbonyl (C=O) groups excluding carboxylic acids is 1. The van der Waals surface area contributed by atoms with E-state index in [9.17, 15) is 4.79 Å². The Morgan fingerprint density at radius 3 is 2.48 bits per heavy atom. The average Bonchev–Trinajstić information content (AvgIpc) is 3.21. The smallest absolute Gasteiger partial charge is 0.255 e. The maximum Gasteiger partial charge on any atom is 0.255 e. The summed E-state index contributed by atoms with van der Waals surface area (Å²) >= 11 is 3.44. The fourth-order valence-electron chi connectivity index (χ4n) is 3.08. The van der Waals surface area contributed by atoms with Gasteiger partial charge in [0.05, 0.1) is 17.3 Å². The van der Waals surface area contributed by atoms with E-state index < -0.39 is 0 Å². The van der Waals surface area contributed by atoms with Crippen molar-refractivity contribution in [2.24, 2.45) is 0 Å². The van der Waals surface area contributed by atoms with Gasteiger partial charge in [-0.05, 0) is 48.9 Å². The largest absolute Gasteiger partial charge is 0.345 e. The van der Waals surface area contributed by atoms with Crippen LogP contribution in [0.2, 0.25) is 0 Å². The number of hydrogen-bond donors (Lipinski definition) is 1. The topological polar surface area (TPSA) is 59.8 Å². The van der Waals surface area contributed by atoms with E-state index in [4.69, 9.17) is 0 Å². The van der Waals surface area contributed by atoms with E-state index in [0.717, 1.165) is 21.3 Å². The molecule has 4 aromatic rings. The monoisotopic (exact) mass is 446 g/mol. The molecular formula is C23H19BrN4O. The van der Waals surface area contributed by atoms with Crippen molar-refractivity contribution >= 4 is 21.8 Å². The summed E-state index contributed by atoms with van der Waals surface area (Å²) in [6, 6.07) is 21.2. The highest BCUT2D eigenvalue weighted by Crippen LogP contribution is 2.24. The zero-order valence-corrected chi connectivity index (χ0v) is 17.4. The lowest BCUT2D eigenvalue weighted by molar-refractivity contribution is 0.0940. The van der Waals surface area contributed by atoms with Crippen LogP contribution in [0.3, 0.4) is 0 Å². The van der Waals surface area contributed by atoms with E-state index in [-0.39, 0.29) is 11.9 Å². The molecule has 144 valence electrons. The van der Waals surface area contributed by atoms with Crippen molar-refractivity contribution in [3.05, 3.63) is 101 Å². The van der Waals surface area contributed by atoms with Gasteiger partial charge in [0.25, 0.3) is 5.91 Å². The van der Waals surface area contributed by atoms with Gasteiger partial charge < -0.3 is 5.32 Å². The molecule has 29 heavy (non-hydrogen) atoms. The quantitative estimate of drug-likeness (QED) is 0.458. The van der Waals surface area contributed by atoms with Crippen molar-refractivity contribution in [3.63, 3.8) is 0 Å². The van der Waals surface area contributed by atoms with Crippen molar-refractivity contribution < 1.29 is 4.79 Å². The van der Waals surface area contributed by atoms with Crippen molar-refractivity contribution in [1.29, 1.82) is 0 Å². The van der Waals surface area contributed by atoms with Crippen LogP contribution in [0, 0.1) is 0 Å². The first-order valence-electron chi connectivity index (χ1n) is 9.23. The van der Waals surface area contributed by atoms with Gasteiger partial charge in [-0.2, -0.15) is 5.10 Å². The standard InChI is InChI=1S/C23H19BrN4O/c1-16(17-9-11-19(24)12-10-17)26-23(29)21-15-28(20-7-3-2-4-8-20)27-22(21)18-6-5-13-25-14-18/h2-16H,1H3,(H,26,29). The van der Waals surface area contributed by atoms with Gasteiger partial charge in [0.2, 0.25) is 0 Å². The molecule has 0 fully saturated rings. The zero-order valence-electron chi connectivity index (χ0n) is 15.8. The number of para-hydroxylation sites is 1. The van der Waals surface area contributed by atoms with E-state index in [1.807, 2.05) is 73.7 Å². The summed E-state index contributed by atoms with van der Waals surface area (Å²) in [7, 11) is 0. The third-order valence-corrected chi connectivity index (χ3v) is 5.16. The molecule has 0 aliphatic rings. The fraction of sp³-hybridized carbons (Fsp3) is 0.0870. The molecule has 0 saturated heterocycles. The Morgan fingerprint density at radius 2 is 1.79 bits per heavy atom. The van der Waals surface area contributed by atoms with Gasteiger partial charge in [-0.3, -0.25) is 9.78 Å². The second kappa shape index (κ2) is 8.41. The van der Waals surface area contributed by atoms with Crippen LogP contribution in [-0.4, -0.2) is 20.7 Å². The lowest BCUT2D eigenvalue weighted by Crippen LogP contribution is -2.26. The van der Waals surface area contributed by atoms with Gasteiger partial charge in [0, 0.05) is 28.6 Å². The average molecular weight is 447 g/mol. The van der Waals surface area contributed by atoms with Gasteiger partial charge in [-0.1, -0.05) is 46.3 Å². The van der Waals surface area contributed by atoms with Crippen LogP contribution in [0.5, 0.6) is 0 Å². The Morgan fingerprint density at radius 1 is 1.03 bits per heavy atom. The molecule has 1 unspecified atom stereocenters. The molecular weight excluding hydrogens is 428 g/mol. The van der Waals surface area contributed by atoms with Gasteiger partial charge >= 0.3 is 0 Å². The van der Waals surface area contributed by atoms with Crippen LogP contribution in [0.15, 0.2) is 89.8 Å². The highest BCUT2D eigenvalue weighted by molar-refractivity contribution is 9.10. The van der Waals surface area contributed by atoms with Gasteiger partial charge in [-0.25, -0.2) is 4.68 Å². The summed E-state index contributed by atoms with van der Waals surface area (Å²) in [5.74, 6) is -0.179. The number of rotatable bonds is 5. The third-order valence-electron chi connectivity index (χ3n) is 4.63. The molecule has 5 nitrogen and oxygen atoms in total. The normalized spacial score (nSPS) is 11.8. The molecule has 2 aromatic heterocycles. The molecule has 0 spiro atoms. The van der Waals surface area contributed by atoms with Crippen LogP contribution in [0.1, 0.15) is 28.9 Å². The second-order valence-electron chi connectivity index (χ2n) is 6.66. The number of pyridine rings is 1. The number of benzene rings is 2. The van der Waals surface area contributed by atoms with Crippen LogP contribution in [0.25, 0.3) is 16.9 Å². The number of amides is 1. The predicted octanol–water partition coefficient (Wildman–Crippen LogP) is 5.19. The lowest BCUT2D eigenvalue weighted by Gasteiger charge is -2.14. The molecule has 0 aliphatic carbocycles. The van der Waals surface area contributed by atoms with E-state index in [1.54, 1.807) is 23.3 Å². The van der Waals surface area contributed by atoms with Gasteiger partial charge in [0.15, 0.2) is 0 Å². The summed E-state index contributed by atoms with van der Waals surface area (Å²) in [5.41, 5.74) is 3.81. The van der Waals surface area contributed by atoms with Crippen molar-refractivity contribution in [2.45, 2.75) is 13.0 Å². The molecule has 6 heteroatoms. The van der Waals surface area contributed by atoms with Gasteiger partial charge in [0.1, 0.15) is 5.69 Å². The molecule has 2 aromatic carbocycles. The minimum absolute atomic E-state index is 0.141. The Kier molecular flexibility index (Phi) is 5.53. The molecule has 0 saturated carbocycles. The van der Waals surface area contributed by atoms with Crippen LogP contribution in [0.4, 0.5) is 0 Å². The molecule has 2 heterocycles. The van der Waals surface area contributed by atoms with E-state index in [1.165, 1.54) is 0 Å². The minimum Gasteiger partial charge on any atom is -0.345 e. The highest BCUT2D eigenvalue weighted by Gasteiger charge is 2.20. The number of nitrogens with zero attached hydrogens (tertiary/aromatic N) is 3. The lowest BCUT2D eigenvalue weighted by atomic mass is 10.1. The molecule has 0 aliphatic heterocycles. The van der Waals surface area contributed by atoms with E-state index in [0.29, 0.717) is 11.3 Å². The first-order chi connectivity index (χ1) is 14.1. The Hall–Kier alpha value is -3.25.